The molecule has 1 saturated carbocycles. The van der Waals surface area contributed by atoms with Crippen LogP contribution in [0.25, 0.3) is 0 Å². The summed E-state index contributed by atoms with van der Waals surface area (Å²) in [6, 6.07) is 3.17. The molecule has 3 rings (SSSR count). The molecule has 1 aliphatic carbocycles. The van der Waals surface area contributed by atoms with Crippen molar-refractivity contribution in [3.8, 4) is 0 Å². The number of anilines is 1. The van der Waals surface area contributed by atoms with Crippen LogP contribution in [-0.4, -0.2) is 39.8 Å². The van der Waals surface area contributed by atoms with Crippen molar-refractivity contribution in [2.45, 2.75) is 44.1 Å². The van der Waals surface area contributed by atoms with Crippen LogP contribution in [0.15, 0.2) is 24.5 Å². The van der Waals surface area contributed by atoms with Crippen LogP contribution in [0.3, 0.4) is 0 Å². The first-order valence-corrected chi connectivity index (χ1v) is 7.95. The Morgan fingerprint density at radius 2 is 2.13 bits per heavy atom. The monoisotopic (exact) mass is 316 g/mol. The normalized spacial score (nSPS) is 19.2. The predicted molar refractivity (Wildman–Crippen MR) is 83.5 cm³/mol. The molecule has 0 atom stereocenters. The molecule has 4 amide bonds. The van der Waals surface area contributed by atoms with Crippen molar-refractivity contribution in [3.63, 3.8) is 0 Å². The van der Waals surface area contributed by atoms with Crippen molar-refractivity contribution < 1.29 is 14.4 Å². The van der Waals surface area contributed by atoms with Crippen LogP contribution in [0.4, 0.5) is 10.5 Å². The second-order valence-electron chi connectivity index (χ2n) is 6.07. The molecule has 122 valence electrons. The zero-order valence-electron chi connectivity index (χ0n) is 12.9. The molecule has 1 aliphatic heterocycles. The number of carbonyl (C=O) groups excluding carboxylic acids is 3. The first-order chi connectivity index (χ1) is 11.1. The van der Waals surface area contributed by atoms with Crippen LogP contribution < -0.4 is 10.6 Å². The summed E-state index contributed by atoms with van der Waals surface area (Å²) in [6.07, 6.45) is 7.26. The Bertz CT molecular complexity index is 611. The van der Waals surface area contributed by atoms with Crippen LogP contribution in [0, 0.1) is 0 Å². The highest BCUT2D eigenvalue weighted by molar-refractivity contribution is 6.07. The van der Waals surface area contributed by atoms with Gasteiger partial charge in [0.1, 0.15) is 5.54 Å². The molecular formula is C16H20N4O3. The fourth-order valence-corrected chi connectivity index (χ4v) is 3.25. The molecule has 7 nitrogen and oxygen atoms in total. The molecule has 2 heterocycles. The molecule has 2 N–H and O–H groups in total. The second kappa shape index (κ2) is 6.36. The van der Waals surface area contributed by atoms with E-state index in [1.807, 2.05) is 0 Å². The average Bonchev–Trinajstić information content (AvgIpc) is 3.09. The van der Waals surface area contributed by atoms with E-state index in [9.17, 15) is 14.4 Å². The maximum Gasteiger partial charge on any atom is 0.325 e. The number of urea groups is 1. The van der Waals surface area contributed by atoms with Gasteiger partial charge in [-0.3, -0.25) is 19.5 Å². The van der Waals surface area contributed by atoms with E-state index in [4.69, 9.17) is 0 Å². The van der Waals surface area contributed by atoms with Crippen LogP contribution in [-0.2, 0) is 9.59 Å². The van der Waals surface area contributed by atoms with E-state index < -0.39 is 5.54 Å². The molecule has 0 bridgehead atoms. The molecule has 23 heavy (non-hydrogen) atoms. The molecule has 1 spiro atoms. The van der Waals surface area contributed by atoms with Gasteiger partial charge in [-0.25, -0.2) is 4.79 Å². The summed E-state index contributed by atoms with van der Waals surface area (Å²) in [6.45, 7) is 0.271. The molecule has 1 saturated heterocycles. The fourth-order valence-electron chi connectivity index (χ4n) is 3.25. The molecule has 0 aromatic carbocycles. The number of carbonyl (C=O) groups is 3. The minimum atomic E-state index is -0.672. The van der Waals surface area contributed by atoms with Gasteiger partial charge in [0, 0.05) is 19.2 Å². The summed E-state index contributed by atoms with van der Waals surface area (Å²) in [5, 5.41) is 5.57. The van der Waals surface area contributed by atoms with E-state index >= 15 is 0 Å². The van der Waals surface area contributed by atoms with Crippen molar-refractivity contribution in [1.82, 2.24) is 15.2 Å². The second-order valence-corrected chi connectivity index (χ2v) is 6.07. The van der Waals surface area contributed by atoms with Crippen LogP contribution in [0.5, 0.6) is 0 Å². The standard InChI is InChI=1S/C16H20N4O3/c21-13(18-12-5-3-9-17-11-12)6-4-10-20-14(22)16(19-15(20)23)7-1-2-8-16/h3,5,9,11H,1-2,4,6-8,10H2,(H,18,21)(H,19,23). The lowest BCUT2D eigenvalue weighted by Crippen LogP contribution is -2.44. The first kappa shape index (κ1) is 15.5. The summed E-state index contributed by atoms with van der Waals surface area (Å²) in [5.41, 5.74) is -0.0351. The molecule has 7 heteroatoms. The van der Waals surface area contributed by atoms with Gasteiger partial charge in [0.2, 0.25) is 5.91 Å². The van der Waals surface area contributed by atoms with Gasteiger partial charge in [-0.1, -0.05) is 12.8 Å². The Morgan fingerprint density at radius 3 is 2.83 bits per heavy atom. The highest BCUT2D eigenvalue weighted by atomic mass is 16.2. The van der Waals surface area contributed by atoms with Crippen molar-refractivity contribution in [3.05, 3.63) is 24.5 Å². The number of aromatic nitrogens is 1. The van der Waals surface area contributed by atoms with E-state index in [0.29, 0.717) is 12.1 Å². The third-order valence-electron chi connectivity index (χ3n) is 4.43. The molecule has 1 aromatic rings. The zero-order valence-corrected chi connectivity index (χ0v) is 12.9. The van der Waals surface area contributed by atoms with Crippen molar-refractivity contribution >= 4 is 23.5 Å². The number of amides is 4. The topological polar surface area (TPSA) is 91.4 Å². The van der Waals surface area contributed by atoms with Crippen molar-refractivity contribution in [1.29, 1.82) is 0 Å². The van der Waals surface area contributed by atoms with E-state index in [1.54, 1.807) is 24.5 Å². The Morgan fingerprint density at radius 1 is 1.35 bits per heavy atom. The van der Waals surface area contributed by atoms with Crippen LogP contribution in [0.1, 0.15) is 38.5 Å². The highest BCUT2D eigenvalue weighted by Crippen LogP contribution is 2.35. The van der Waals surface area contributed by atoms with Gasteiger partial charge in [0.05, 0.1) is 11.9 Å². The Hall–Kier alpha value is -2.44. The van der Waals surface area contributed by atoms with Gasteiger partial charge in [0.25, 0.3) is 5.91 Å². The smallest absolute Gasteiger partial charge is 0.325 e. The fraction of sp³-hybridized carbons (Fsp3) is 0.500. The number of hydrogen-bond acceptors (Lipinski definition) is 4. The van der Waals surface area contributed by atoms with Crippen LogP contribution >= 0.6 is 0 Å². The zero-order chi connectivity index (χ0) is 16.3. The van der Waals surface area contributed by atoms with Gasteiger partial charge in [-0.05, 0) is 31.4 Å². The maximum atomic E-state index is 12.4. The van der Waals surface area contributed by atoms with E-state index in [1.165, 1.54) is 4.90 Å². The van der Waals surface area contributed by atoms with Gasteiger partial charge in [-0.2, -0.15) is 0 Å². The number of nitrogens with zero attached hydrogens (tertiary/aromatic N) is 2. The van der Waals surface area contributed by atoms with Crippen molar-refractivity contribution in [2.24, 2.45) is 0 Å². The van der Waals surface area contributed by atoms with Crippen LogP contribution in [0.2, 0.25) is 0 Å². The number of hydrogen-bond donors (Lipinski definition) is 2. The maximum absolute atomic E-state index is 12.4. The van der Waals surface area contributed by atoms with Gasteiger partial charge in [-0.15, -0.1) is 0 Å². The summed E-state index contributed by atoms with van der Waals surface area (Å²) >= 11 is 0. The third kappa shape index (κ3) is 3.18. The molecule has 2 aliphatic rings. The lowest BCUT2D eigenvalue weighted by atomic mass is 9.98. The number of nitrogens with one attached hydrogen (secondary N) is 2. The predicted octanol–water partition coefficient (Wildman–Crippen LogP) is 1.66. The number of imide groups is 1. The summed E-state index contributed by atoms with van der Waals surface area (Å²) in [7, 11) is 0. The molecule has 0 radical (unpaired) electrons. The summed E-state index contributed by atoms with van der Waals surface area (Å²) < 4.78 is 0. The van der Waals surface area contributed by atoms with E-state index in [-0.39, 0.29) is 30.8 Å². The lowest BCUT2D eigenvalue weighted by molar-refractivity contribution is -0.131. The molecule has 2 fully saturated rings. The SMILES string of the molecule is O=C(CCCN1C(=O)NC2(CCCC2)C1=O)Nc1cccnc1. The van der Waals surface area contributed by atoms with E-state index in [2.05, 4.69) is 15.6 Å². The summed E-state index contributed by atoms with van der Waals surface area (Å²) in [5.74, 6) is -0.284. The van der Waals surface area contributed by atoms with Gasteiger partial charge >= 0.3 is 6.03 Å². The minimum Gasteiger partial charge on any atom is -0.325 e. The van der Waals surface area contributed by atoms with Gasteiger partial charge in [0.15, 0.2) is 0 Å². The Labute approximate surface area is 134 Å². The molecular weight excluding hydrogens is 296 g/mol. The quantitative estimate of drug-likeness (QED) is 0.808. The number of rotatable bonds is 5. The summed E-state index contributed by atoms with van der Waals surface area (Å²) in [4.78, 5) is 41.5. The van der Waals surface area contributed by atoms with Gasteiger partial charge < -0.3 is 10.6 Å². The average molecular weight is 316 g/mol. The lowest BCUT2D eigenvalue weighted by Gasteiger charge is -2.19. The number of pyridine rings is 1. The largest absolute Gasteiger partial charge is 0.325 e. The Balaban J connectivity index is 1.48. The Kier molecular flexibility index (Phi) is 4.27. The molecule has 1 aromatic heterocycles. The highest BCUT2D eigenvalue weighted by Gasteiger charge is 2.51. The minimum absolute atomic E-state index is 0.132. The first-order valence-electron chi connectivity index (χ1n) is 7.95. The molecule has 0 unspecified atom stereocenters. The van der Waals surface area contributed by atoms with Crippen molar-refractivity contribution in [2.75, 3.05) is 11.9 Å². The van der Waals surface area contributed by atoms with E-state index in [0.717, 1.165) is 25.7 Å². The third-order valence-corrected chi connectivity index (χ3v) is 4.43.